The molecule has 0 unspecified atom stereocenters. The highest BCUT2D eigenvalue weighted by Gasteiger charge is 2.23. The third kappa shape index (κ3) is 3.67. The number of fused-ring (bicyclic) bond motifs is 1. The Morgan fingerprint density at radius 3 is 2.68 bits per heavy atom. The zero-order chi connectivity index (χ0) is 16.1. The molecule has 2 rings (SSSR count). The Kier molecular flexibility index (Phi) is 5.20. The molecule has 0 aliphatic heterocycles. The zero-order valence-corrected chi connectivity index (χ0v) is 13.2. The first-order valence-electron chi connectivity index (χ1n) is 7.44. The third-order valence-electron chi connectivity index (χ3n) is 3.21. The number of benzene rings is 1. The van der Waals surface area contributed by atoms with Crippen molar-refractivity contribution in [3.8, 4) is 0 Å². The van der Waals surface area contributed by atoms with E-state index in [9.17, 15) is 9.59 Å². The van der Waals surface area contributed by atoms with Crippen LogP contribution in [0.2, 0.25) is 0 Å². The molecule has 0 bridgehead atoms. The van der Waals surface area contributed by atoms with Crippen molar-refractivity contribution < 1.29 is 18.7 Å². The van der Waals surface area contributed by atoms with Gasteiger partial charge in [0.05, 0.1) is 12.2 Å². The predicted octanol–water partition coefficient (Wildman–Crippen LogP) is 3.09. The van der Waals surface area contributed by atoms with Crippen LogP contribution in [-0.2, 0) is 9.53 Å². The van der Waals surface area contributed by atoms with E-state index in [-0.39, 0.29) is 18.4 Å². The van der Waals surface area contributed by atoms with Gasteiger partial charge in [-0.3, -0.25) is 9.59 Å². The number of para-hydroxylation sites is 1. The van der Waals surface area contributed by atoms with Crippen LogP contribution in [0.1, 0.15) is 31.1 Å². The fourth-order valence-electron chi connectivity index (χ4n) is 2.34. The van der Waals surface area contributed by atoms with Crippen LogP contribution < -0.4 is 0 Å². The van der Waals surface area contributed by atoms with Crippen LogP contribution in [0.4, 0.5) is 0 Å². The Morgan fingerprint density at radius 2 is 2.00 bits per heavy atom. The van der Waals surface area contributed by atoms with E-state index >= 15 is 0 Å². The van der Waals surface area contributed by atoms with Crippen LogP contribution >= 0.6 is 0 Å². The number of hydrogen-bond donors (Lipinski definition) is 0. The van der Waals surface area contributed by atoms with Gasteiger partial charge in [-0.1, -0.05) is 32.0 Å². The van der Waals surface area contributed by atoms with Crippen LogP contribution in [0.15, 0.2) is 34.9 Å². The zero-order valence-electron chi connectivity index (χ0n) is 13.2. The first kappa shape index (κ1) is 16.1. The van der Waals surface area contributed by atoms with E-state index in [1.165, 1.54) is 11.2 Å². The highest BCUT2D eigenvalue weighted by molar-refractivity contribution is 6.06. The molecular formula is C17H21NO4. The van der Waals surface area contributed by atoms with E-state index in [4.69, 9.17) is 9.15 Å². The standard InChI is InChI=1S/C17H21NO4/c1-4-21-16(19)10-18(9-12(2)3)17(20)14-11-22-15-8-6-5-7-13(14)15/h5-8,11-12H,4,9-10H2,1-3H3. The monoisotopic (exact) mass is 303 g/mol. The number of carbonyl (C=O) groups is 2. The van der Waals surface area contributed by atoms with Crippen LogP contribution in [0.25, 0.3) is 11.0 Å². The van der Waals surface area contributed by atoms with E-state index in [2.05, 4.69) is 0 Å². The van der Waals surface area contributed by atoms with E-state index in [0.717, 1.165) is 5.39 Å². The number of furan rings is 1. The van der Waals surface area contributed by atoms with Crippen LogP contribution in [0, 0.1) is 5.92 Å². The normalized spacial score (nSPS) is 10.9. The highest BCUT2D eigenvalue weighted by Crippen LogP contribution is 2.22. The van der Waals surface area contributed by atoms with Gasteiger partial charge in [-0.15, -0.1) is 0 Å². The minimum absolute atomic E-state index is 0.0512. The summed E-state index contributed by atoms with van der Waals surface area (Å²) in [7, 11) is 0. The second-order valence-corrected chi connectivity index (χ2v) is 5.53. The van der Waals surface area contributed by atoms with E-state index in [0.29, 0.717) is 24.3 Å². The number of hydrogen-bond acceptors (Lipinski definition) is 4. The number of esters is 1. The van der Waals surface area contributed by atoms with Crippen molar-refractivity contribution in [3.05, 3.63) is 36.1 Å². The van der Waals surface area contributed by atoms with Gasteiger partial charge in [0.15, 0.2) is 0 Å². The molecule has 1 heterocycles. The molecule has 1 amide bonds. The lowest BCUT2D eigenvalue weighted by Crippen LogP contribution is -2.38. The van der Waals surface area contributed by atoms with Crippen molar-refractivity contribution in [1.29, 1.82) is 0 Å². The maximum Gasteiger partial charge on any atom is 0.325 e. The second kappa shape index (κ2) is 7.11. The first-order chi connectivity index (χ1) is 10.5. The molecule has 0 saturated carbocycles. The molecule has 0 aliphatic rings. The lowest BCUT2D eigenvalue weighted by Gasteiger charge is -2.23. The molecule has 5 heteroatoms. The van der Waals surface area contributed by atoms with Gasteiger partial charge in [0.1, 0.15) is 18.4 Å². The van der Waals surface area contributed by atoms with Crippen LogP contribution in [0.3, 0.4) is 0 Å². The van der Waals surface area contributed by atoms with Gasteiger partial charge < -0.3 is 14.1 Å². The van der Waals surface area contributed by atoms with Crippen molar-refractivity contribution in [1.82, 2.24) is 4.90 Å². The van der Waals surface area contributed by atoms with Crippen LogP contribution in [-0.4, -0.2) is 36.5 Å². The molecule has 118 valence electrons. The van der Waals surface area contributed by atoms with Gasteiger partial charge in [0.2, 0.25) is 0 Å². The number of carbonyl (C=O) groups excluding carboxylic acids is 2. The number of nitrogens with zero attached hydrogens (tertiary/aromatic N) is 1. The minimum atomic E-state index is -0.399. The summed E-state index contributed by atoms with van der Waals surface area (Å²) in [5.41, 5.74) is 1.13. The predicted molar refractivity (Wildman–Crippen MR) is 83.6 cm³/mol. The largest absolute Gasteiger partial charge is 0.465 e. The van der Waals surface area contributed by atoms with E-state index < -0.39 is 5.97 Å². The number of rotatable bonds is 6. The lowest BCUT2D eigenvalue weighted by molar-refractivity contribution is -0.143. The van der Waals surface area contributed by atoms with E-state index in [1.54, 1.807) is 6.92 Å². The second-order valence-electron chi connectivity index (χ2n) is 5.53. The van der Waals surface area contributed by atoms with Crippen LogP contribution in [0.5, 0.6) is 0 Å². The smallest absolute Gasteiger partial charge is 0.325 e. The minimum Gasteiger partial charge on any atom is -0.465 e. The maximum atomic E-state index is 12.8. The van der Waals surface area contributed by atoms with E-state index in [1.807, 2.05) is 38.1 Å². The Morgan fingerprint density at radius 1 is 1.27 bits per heavy atom. The molecule has 0 spiro atoms. The van der Waals surface area contributed by atoms with Crippen molar-refractivity contribution in [3.63, 3.8) is 0 Å². The number of amides is 1. The van der Waals surface area contributed by atoms with Gasteiger partial charge in [-0.25, -0.2) is 0 Å². The molecule has 1 aromatic heterocycles. The fraction of sp³-hybridized carbons (Fsp3) is 0.412. The molecule has 0 radical (unpaired) electrons. The molecule has 0 aliphatic carbocycles. The molecule has 5 nitrogen and oxygen atoms in total. The molecule has 0 atom stereocenters. The summed E-state index contributed by atoms with van der Waals surface area (Å²) in [6.45, 7) is 6.48. The topological polar surface area (TPSA) is 59.8 Å². The summed E-state index contributed by atoms with van der Waals surface area (Å²) < 4.78 is 10.4. The summed E-state index contributed by atoms with van der Waals surface area (Å²) in [6, 6.07) is 7.35. The van der Waals surface area contributed by atoms with Gasteiger partial charge in [-0.05, 0) is 18.9 Å². The summed E-state index contributed by atoms with van der Waals surface area (Å²) in [6.07, 6.45) is 1.45. The van der Waals surface area contributed by atoms with Crippen molar-refractivity contribution in [2.45, 2.75) is 20.8 Å². The molecule has 2 aromatic rings. The molecule has 22 heavy (non-hydrogen) atoms. The van der Waals surface area contributed by atoms with Crippen molar-refractivity contribution in [2.24, 2.45) is 5.92 Å². The fourth-order valence-corrected chi connectivity index (χ4v) is 2.34. The van der Waals surface area contributed by atoms with Gasteiger partial charge in [-0.2, -0.15) is 0 Å². The lowest BCUT2D eigenvalue weighted by atomic mass is 10.1. The van der Waals surface area contributed by atoms with Gasteiger partial charge >= 0.3 is 5.97 Å². The van der Waals surface area contributed by atoms with Gasteiger partial charge in [0, 0.05) is 11.9 Å². The average Bonchev–Trinajstić information content (AvgIpc) is 2.89. The summed E-state index contributed by atoms with van der Waals surface area (Å²) in [5, 5.41) is 0.755. The first-order valence-corrected chi connectivity index (χ1v) is 7.44. The summed E-state index contributed by atoms with van der Waals surface area (Å²) in [4.78, 5) is 26.0. The molecular weight excluding hydrogens is 282 g/mol. The Labute approximate surface area is 129 Å². The summed E-state index contributed by atoms with van der Waals surface area (Å²) in [5.74, 6) is -0.368. The molecule has 1 aromatic carbocycles. The quantitative estimate of drug-likeness (QED) is 0.769. The maximum absolute atomic E-state index is 12.8. The van der Waals surface area contributed by atoms with Gasteiger partial charge in [0.25, 0.3) is 5.91 Å². The summed E-state index contributed by atoms with van der Waals surface area (Å²) >= 11 is 0. The molecule has 0 saturated heterocycles. The Bertz CT molecular complexity index is 659. The van der Waals surface area contributed by atoms with Crippen molar-refractivity contribution in [2.75, 3.05) is 19.7 Å². The van der Waals surface area contributed by atoms with Crippen molar-refractivity contribution >= 4 is 22.8 Å². The third-order valence-corrected chi connectivity index (χ3v) is 3.21. The Hall–Kier alpha value is -2.30. The average molecular weight is 303 g/mol. The molecule has 0 N–H and O–H groups in total. The highest BCUT2D eigenvalue weighted by atomic mass is 16.5. The SMILES string of the molecule is CCOC(=O)CN(CC(C)C)C(=O)c1coc2ccccc12. The number of ether oxygens (including phenoxy) is 1. The Balaban J connectivity index is 2.26. The molecule has 0 fully saturated rings.